The molecule has 0 unspecified atom stereocenters. The summed E-state index contributed by atoms with van der Waals surface area (Å²) in [6.45, 7) is 3.25. The van der Waals surface area contributed by atoms with Gasteiger partial charge in [0.05, 0.1) is 18.8 Å². The summed E-state index contributed by atoms with van der Waals surface area (Å²) in [7, 11) is 0. The van der Waals surface area contributed by atoms with E-state index in [4.69, 9.17) is 4.52 Å². The van der Waals surface area contributed by atoms with Gasteiger partial charge in [-0.1, -0.05) is 35.5 Å². The van der Waals surface area contributed by atoms with Crippen LogP contribution in [-0.4, -0.2) is 32.5 Å². The standard InChI is InChI=1S/C17H20N6O2/c1-13-20-16(25-22-13)7-9-18-17(24)19-11-15-8-10-23(21-15)12-14-5-3-2-4-6-14/h2-6,8,10H,7,9,11-12H2,1H3,(H2,18,19,24). The van der Waals surface area contributed by atoms with Gasteiger partial charge in [0.2, 0.25) is 5.89 Å². The Morgan fingerprint density at radius 1 is 1.20 bits per heavy atom. The molecule has 0 aliphatic carbocycles. The Morgan fingerprint density at radius 2 is 2.04 bits per heavy atom. The van der Waals surface area contributed by atoms with E-state index >= 15 is 0 Å². The molecule has 0 saturated carbocycles. The van der Waals surface area contributed by atoms with Gasteiger partial charge >= 0.3 is 6.03 Å². The summed E-state index contributed by atoms with van der Waals surface area (Å²) in [6, 6.07) is 11.7. The minimum atomic E-state index is -0.256. The van der Waals surface area contributed by atoms with Gasteiger partial charge in [-0.15, -0.1) is 0 Å². The van der Waals surface area contributed by atoms with E-state index in [9.17, 15) is 4.79 Å². The van der Waals surface area contributed by atoms with Crippen molar-refractivity contribution in [3.63, 3.8) is 0 Å². The zero-order valence-electron chi connectivity index (χ0n) is 14.0. The van der Waals surface area contributed by atoms with E-state index in [0.29, 0.717) is 37.8 Å². The molecule has 8 nitrogen and oxygen atoms in total. The molecule has 0 radical (unpaired) electrons. The Hall–Kier alpha value is -3.16. The van der Waals surface area contributed by atoms with Crippen molar-refractivity contribution in [1.29, 1.82) is 0 Å². The molecule has 0 aliphatic rings. The van der Waals surface area contributed by atoms with Crippen molar-refractivity contribution >= 4 is 6.03 Å². The van der Waals surface area contributed by atoms with Crippen LogP contribution in [0.25, 0.3) is 0 Å². The first kappa shape index (κ1) is 16.7. The van der Waals surface area contributed by atoms with E-state index in [1.54, 1.807) is 6.92 Å². The van der Waals surface area contributed by atoms with Crippen LogP contribution in [0.5, 0.6) is 0 Å². The number of aryl methyl sites for hydroxylation is 1. The number of hydrogen-bond donors (Lipinski definition) is 2. The highest BCUT2D eigenvalue weighted by Crippen LogP contribution is 2.03. The molecular weight excluding hydrogens is 320 g/mol. The molecule has 25 heavy (non-hydrogen) atoms. The Kier molecular flexibility index (Phi) is 5.40. The van der Waals surface area contributed by atoms with Gasteiger partial charge in [0.25, 0.3) is 0 Å². The molecule has 2 aromatic heterocycles. The van der Waals surface area contributed by atoms with Gasteiger partial charge in [0.15, 0.2) is 5.82 Å². The third kappa shape index (κ3) is 5.17. The number of hydrogen-bond acceptors (Lipinski definition) is 5. The minimum absolute atomic E-state index is 0.256. The van der Waals surface area contributed by atoms with Crippen molar-refractivity contribution in [2.45, 2.75) is 26.4 Å². The third-order valence-corrected chi connectivity index (χ3v) is 3.51. The Balaban J connectivity index is 1.38. The fourth-order valence-electron chi connectivity index (χ4n) is 2.31. The van der Waals surface area contributed by atoms with Crippen LogP contribution in [0.1, 0.15) is 23.0 Å². The van der Waals surface area contributed by atoms with E-state index in [-0.39, 0.29) is 6.03 Å². The number of carbonyl (C=O) groups is 1. The smallest absolute Gasteiger partial charge is 0.315 e. The number of aromatic nitrogens is 4. The molecule has 2 heterocycles. The SMILES string of the molecule is Cc1noc(CCNC(=O)NCc2ccn(Cc3ccccc3)n2)n1. The van der Waals surface area contributed by atoms with Crippen LogP contribution in [0, 0.1) is 6.92 Å². The quantitative estimate of drug-likeness (QED) is 0.682. The molecule has 1 aromatic carbocycles. The van der Waals surface area contributed by atoms with Crippen LogP contribution >= 0.6 is 0 Å². The van der Waals surface area contributed by atoms with E-state index < -0.39 is 0 Å². The second kappa shape index (κ2) is 8.09. The normalized spacial score (nSPS) is 10.6. The van der Waals surface area contributed by atoms with Crippen molar-refractivity contribution in [1.82, 2.24) is 30.6 Å². The maximum absolute atomic E-state index is 11.8. The minimum Gasteiger partial charge on any atom is -0.339 e. The van der Waals surface area contributed by atoms with Crippen molar-refractivity contribution in [3.05, 3.63) is 65.6 Å². The summed E-state index contributed by atoms with van der Waals surface area (Å²) in [4.78, 5) is 15.9. The van der Waals surface area contributed by atoms with Crippen LogP contribution in [0.3, 0.4) is 0 Å². The van der Waals surface area contributed by atoms with Gasteiger partial charge in [-0.2, -0.15) is 10.1 Å². The maximum Gasteiger partial charge on any atom is 0.315 e. The predicted molar refractivity (Wildman–Crippen MR) is 90.7 cm³/mol. The van der Waals surface area contributed by atoms with Gasteiger partial charge in [-0.05, 0) is 18.6 Å². The molecular formula is C17H20N6O2. The second-order valence-electron chi connectivity index (χ2n) is 5.59. The van der Waals surface area contributed by atoms with Crippen LogP contribution in [-0.2, 0) is 19.5 Å². The fourth-order valence-corrected chi connectivity index (χ4v) is 2.31. The van der Waals surface area contributed by atoms with Crippen molar-refractivity contribution in [3.8, 4) is 0 Å². The highest BCUT2D eigenvalue weighted by molar-refractivity contribution is 5.73. The highest BCUT2D eigenvalue weighted by Gasteiger charge is 2.06. The van der Waals surface area contributed by atoms with Crippen LogP contribution in [0.15, 0.2) is 47.1 Å². The number of nitrogens with one attached hydrogen (secondary N) is 2. The maximum atomic E-state index is 11.8. The number of carbonyl (C=O) groups excluding carboxylic acids is 1. The summed E-state index contributed by atoms with van der Waals surface area (Å²) in [5, 5.41) is 13.7. The molecule has 0 fully saturated rings. The Labute approximate surface area is 145 Å². The first-order chi connectivity index (χ1) is 12.2. The first-order valence-corrected chi connectivity index (χ1v) is 8.06. The summed E-state index contributed by atoms with van der Waals surface area (Å²) in [5.41, 5.74) is 1.98. The molecule has 3 aromatic rings. The molecule has 0 saturated heterocycles. The predicted octanol–water partition coefficient (Wildman–Crippen LogP) is 1.66. The highest BCUT2D eigenvalue weighted by atomic mass is 16.5. The fraction of sp³-hybridized carbons (Fsp3) is 0.294. The molecule has 2 N–H and O–H groups in total. The molecule has 0 bridgehead atoms. The Morgan fingerprint density at radius 3 is 2.80 bits per heavy atom. The van der Waals surface area contributed by atoms with E-state index in [0.717, 1.165) is 5.69 Å². The zero-order chi connectivity index (χ0) is 17.5. The molecule has 3 rings (SSSR count). The summed E-state index contributed by atoms with van der Waals surface area (Å²) in [6.07, 6.45) is 2.40. The summed E-state index contributed by atoms with van der Waals surface area (Å²) in [5.74, 6) is 1.10. The van der Waals surface area contributed by atoms with Gasteiger partial charge in [0.1, 0.15) is 0 Å². The van der Waals surface area contributed by atoms with Gasteiger partial charge in [-0.3, -0.25) is 4.68 Å². The lowest BCUT2D eigenvalue weighted by atomic mass is 10.2. The van der Waals surface area contributed by atoms with Crippen LogP contribution in [0.2, 0.25) is 0 Å². The van der Waals surface area contributed by atoms with Crippen molar-refractivity contribution < 1.29 is 9.32 Å². The van der Waals surface area contributed by atoms with E-state index in [1.807, 2.05) is 35.1 Å². The van der Waals surface area contributed by atoms with E-state index in [1.165, 1.54) is 5.56 Å². The molecule has 2 amide bonds. The lowest BCUT2D eigenvalue weighted by Gasteiger charge is -2.05. The lowest BCUT2D eigenvalue weighted by molar-refractivity contribution is 0.240. The zero-order valence-corrected chi connectivity index (χ0v) is 14.0. The number of benzene rings is 1. The average molecular weight is 340 g/mol. The molecule has 0 atom stereocenters. The van der Waals surface area contributed by atoms with Gasteiger partial charge < -0.3 is 15.2 Å². The molecule has 8 heteroatoms. The number of amides is 2. The van der Waals surface area contributed by atoms with Gasteiger partial charge in [-0.25, -0.2) is 4.79 Å². The second-order valence-corrected chi connectivity index (χ2v) is 5.59. The van der Waals surface area contributed by atoms with Crippen molar-refractivity contribution in [2.24, 2.45) is 0 Å². The van der Waals surface area contributed by atoms with Crippen LogP contribution in [0.4, 0.5) is 4.79 Å². The topological polar surface area (TPSA) is 97.9 Å². The average Bonchev–Trinajstić information content (AvgIpc) is 3.23. The Bertz CT molecular complexity index is 811. The summed E-state index contributed by atoms with van der Waals surface area (Å²) < 4.78 is 6.83. The van der Waals surface area contributed by atoms with Crippen LogP contribution < -0.4 is 10.6 Å². The van der Waals surface area contributed by atoms with Crippen molar-refractivity contribution in [2.75, 3.05) is 6.54 Å². The van der Waals surface area contributed by atoms with E-state index in [2.05, 4.69) is 38.0 Å². The molecule has 0 spiro atoms. The largest absolute Gasteiger partial charge is 0.339 e. The lowest BCUT2D eigenvalue weighted by Crippen LogP contribution is -2.36. The number of nitrogens with zero attached hydrogens (tertiary/aromatic N) is 4. The number of urea groups is 1. The molecule has 0 aliphatic heterocycles. The van der Waals surface area contributed by atoms with Gasteiger partial charge in [0, 0.05) is 19.2 Å². The molecule has 130 valence electrons. The third-order valence-electron chi connectivity index (χ3n) is 3.51. The first-order valence-electron chi connectivity index (χ1n) is 8.06. The number of rotatable bonds is 7. The monoisotopic (exact) mass is 340 g/mol. The summed E-state index contributed by atoms with van der Waals surface area (Å²) >= 11 is 0.